The molecule has 1 aliphatic rings. The van der Waals surface area contributed by atoms with Crippen LogP contribution in [0.2, 0.25) is 0 Å². The molecule has 1 heterocycles. The summed E-state index contributed by atoms with van der Waals surface area (Å²) in [6.07, 6.45) is 2.46. The summed E-state index contributed by atoms with van der Waals surface area (Å²) in [6, 6.07) is 11.2. The number of amides is 1. The van der Waals surface area contributed by atoms with Crippen molar-refractivity contribution >= 4 is 5.91 Å². The predicted octanol–water partition coefficient (Wildman–Crippen LogP) is 4.55. The molecule has 1 amide bonds. The van der Waals surface area contributed by atoms with Gasteiger partial charge in [0, 0.05) is 5.54 Å². The number of hydrogen-bond donors (Lipinski definition) is 1. The van der Waals surface area contributed by atoms with E-state index in [1.165, 1.54) is 6.07 Å². The predicted molar refractivity (Wildman–Crippen MR) is 107 cm³/mol. The number of rotatable bonds is 6. The van der Waals surface area contributed by atoms with Crippen molar-refractivity contribution in [2.75, 3.05) is 13.1 Å². The molecule has 5 heteroatoms. The van der Waals surface area contributed by atoms with Gasteiger partial charge in [-0.3, -0.25) is 9.69 Å². The zero-order valence-corrected chi connectivity index (χ0v) is 16.8. The lowest BCUT2D eigenvalue weighted by atomic mass is 9.86. The Hall–Kier alpha value is -2.27. The quantitative estimate of drug-likeness (QED) is 0.790. The van der Waals surface area contributed by atoms with E-state index in [2.05, 4.69) is 24.1 Å². The second-order valence-electron chi connectivity index (χ2n) is 8.13. The largest absolute Gasteiger partial charge is 0.347 e. The summed E-state index contributed by atoms with van der Waals surface area (Å²) >= 11 is 0. The van der Waals surface area contributed by atoms with Gasteiger partial charge in [0.2, 0.25) is 5.91 Å². The summed E-state index contributed by atoms with van der Waals surface area (Å²) < 4.78 is 27.4. The number of benzene rings is 2. The Morgan fingerprint density at radius 1 is 1.11 bits per heavy atom. The molecule has 1 saturated heterocycles. The van der Waals surface area contributed by atoms with Crippen LogP contribution in [0, 0.1) is 18.6 Å². The van der Waals surface area contributed by atoms with Gasteiger partial charge in [-0.25, -0.2) is 8.78 Å². The molecule has 0 aromatic heterocycles. The lowest BCUT2D eigenvalue weighted by molar-refractivity contribution is -0.122. The summed E-state index contributed by atoms with van der Waals surface area (Å²) in [5.74, 6) is -1.91. The lowest BCUT2D eigenvalue weighted by Gasteiger charge is -2.42. The molecule has 2 aromatic carbocycles. The number of hydrogen-bond acceptors (Lipinski definition) is 2. The highest BCUT2D eigenvalue weighted by Crippen LogP contribution is 2.34. The van der Waals surface area contributed by atoms with E-state index in [0.29, 0.717) is 5.56 Å². The molecule has 3 rings (SSSR count). The Labute approximate surface area is 165 Å². The molecule has 28 heavy (non-hydrogen) atoms. The lowest BCUT2D eigenvalue weighted by Crippen LogP contribution is -2.53. The number of carbonyl (C=O) groups excluding carboxylic acids is 1. The van der Waals surface area contributed by atoms with Gasteiger partial charge in [0.25, 0.3) is 0 Å². The summed E-state index contributed by atoms with van der Waals surface area (Å²) in [6.45, 7) is 7.95. The molecule has 0 spiro atoms. The molecule has 1 atom stereocenters. The molecule has 1 N–H and O–H groups in total. The average molecular weight is 386 g/mol. The monoisotopic (exact) mass is 386 g/mol. The molecule has 0 radical (unpaired) electrons. The Kier molecular flexibility index (Phi) is 6.14. The number of halogens is 2. The minimum atomic E-state index is -0.895. The van der Waals surface area contributed by atoms with E-state index >= 15 is 0 Å². The first-order valence-electron chi connectivity index (χ1n) is 9.83. The maximum absolute atomic E-state index is 13.9. The van der Waals surface area contributed by atoms with Crippen molar-refractivity contribution in [2.45, 2.75) is 51.6 Å². The van der Waals surface area contributed by atoms with E-state index in [-0.39, 0.29) is 12.3 Å². The van der Waals surface area contributed by atoms with Gasteiger partial charge in [0.1, 0.15) is 0 Å². The van der Waals surface area contributed by atoms with Crippen molar-refractivity contribution in [1.29, 1.82) is 0 Å². The van der Waals surface area contributed by atoms with Gasteiger partial charge in [-0.1, -0.05) is 30.3 Å². The summed E-state index contributed by atoms with van der Waals surface area (Å²) in [5.41, 5.74) is 2.17. The van der Waals surface area contributed by atoms with Crippen LogP contribution < -0.4 is 5.32 Å². The third-order valence-corrected chi connectivity index (χ3v) is 5.82. The zero-order chi connectivity index (χ0) is 20.3. The molecule has 3 nitrogen and oxygen atoms in total. The third kappa shape index (κ3) is 4.41. The van der Waals surface area contributed by atoms with Gasteiger partial charge in [-0.05, 0) is 75.5 Å². The molecule has 0 saturated carbocycles. The molecule has 2 aromatic rings. The second kappa shape index (κ2) is 8.39. The Balaban J connectivity index is 1.88. The second-order valence-corrected chi connectivity index (χ2v) is 8.13. The fourth-order valence-electron chi connectivity index (χ4n) is 4.03. The minimum absolute atomic E-state index is 0.128. The summed E-state index contributed by atoms with van der Waals surface area (Å²) in [4.78, 5) is 15.2. The number of likely N-dealkylation sites (tertiary alicyclic amines) is 1. The van der Waals surface area contributed by atoms with Crippen LogP contribution in [-0.2, 0) is 11.2 Å². The summed E-state index contributed by atoms with van der Waals surface area (Å²) in [7, 11) is 0. The van der Waals surface area contributed by atoms with Crippen molar-refractivity contribution < 1.29 is 13.6 Å². The average Bonchev–Trinajstić information content (AvgIpc) is 3.20. The van der Waals surface area contributed by atoms with Crippen molar-refractivity contribution in [2.24, 2.45) is 0 Å². The van der Waals surface area contributed by atoms with Crippen LogP contribution in [0.4, 0.5) is 8.78 Å². The maximum atomic E-state index is 13.9. The van der Waals surface area contributed by atoms with Gasteiger partial charge >= 0.3 is 0 Å². The van der Waals surface area contributed by atoms with Crippen molar-refractivity contribution in [1.82, 2.24) is 10.2 Å². The fourth-order valence-corrected chi connectivity index (χ4v) is 4.03. The number of nitrogens with one attached hydrogen (secondary N) is 1. The van der Waals surface area contributed by atoms with Gasteiger partial charge in [-0.2, -0.15) is 0 Å². The van der Waals surface area contributed by atoms with Crippen LogP contribution in [0.5, 0.6) is 0 Å². The van der Waals surface area contributed by atoms with Gasteiger partial charge in [0.15, 0.2) is 11.6 Å². The van der Waals surface area contributed by atoms with E-state index in [1.807, 2.05) is 31.2 Å². The Morgan fingerprint density at radius 3 is 2.43 bits per heavy atom. The number of aryl methyl sites for hydroxylation is 1. The van der Waals surface area contributed by atoms with E-state index in [9.17, 15) is 13.6 Å². The molecule has 1 unspecified atom stereocenters. The molecular weight excluding hydrogens is 358 g/mol. The van der Waals surface area contributed by atoms with Crippen molar-refractivity contribution in [3.63, 3.8) is 0 Å². The van der Waals surface area contributed by atoms with E-state index in [0.717, 1.165) is 43.1 Å². The highest BCUT2D eigenvalue weighted by Gasteiger charge is 2.38. The summed E-state index contributed by atoms with van der Waals surface area (Å²) in [5, 5.41) is 3.10. The van der Waals surface area contributed by atoms with E-state index < -0.39 is 23.2 Å². The highest BCUT2D eigenvalue weighted by molar-refractivity contribution is 5.79. The maximum Gasteiger partial charge on any atom is 0.224 e. The fraction of sp³-hybridized carbons (Fsp3) is 0.435. The number of carbonyl (C=O) groups is 1. The molecule has 1 aliphatic heterocycles. The molecule has 1 fully saturated rings. The topological polar surface area (TPSA) is 32.3 Å². The standard InChI is InChI=1S/C23H28F2N2O/c1-16-8-4-5-9-17(16)15-21(28)26-22(18-10-11-19(24)20(25)14-18)23(2,3)27-12-6-7-13-27/h4-5,8-11,14,22H,6-7,12-13,15H2,1-3H3,(H,26,28). The van der Waals surface area contributed by atoms with Crippen LogP contribution in [0.15, 0.2) is 42.5 Å². The van der Waals surface area contributed by atoms with E-state index in [4.69, 9.17) is 0 Å². The van der Waals surface area contributed by atoms with Crippen LogP contribution in [-0.4, -0.2) is 29.4 Å². The van der Waals surface area contributed by atoms with Crippen molar-refractivity contribution in [3.8, 4) is 0 Å². The van der Waals surface area contributed by atoms with Gasteiger partial charge in [0.05, 0.1) is 12.5 Å². The minimum Gasteiger partial charge on any atom is -0.347 e. The molecule has 150 valence electrons. The van der Waals surface area contributed by atoms with Crippen LogP contribution in [0.25, 0.3) is 0 Å². The van der Waals surface area contributed by atoms with Gasteiger partial charge < -0.3 is 5.32 Å². The third-order valence-electron chi connectivity index (χ3n) is 5.82. The first-order chi connectivity index (χ1) is 13.3. The first-order valence-corrected chi connectivity index (χ1v) is 9.83. The normalized spacial score (nSPS) is 16.2. The Bertz CT molecular complexity index is 844. The van der Waals surface area contributed by atoms with Crippen LogP contribution in [0.3, 0.4) is 0 Å². The smallest absolute Gasteiger partial charge is 0.224 e. The number of nitrogens with zero attached hydrogens (tertiary/aromatic N) is 1. The van der Waals surface area contributed by atoms with E-state index in [1.54, 1.807) is 6.07 Å². The SMILES string of the molecule is Cc1ccccc1CC(=O)NC(c1ccc(F)c(F)c1)C(C)(C)N1CCCC1. The molecule has 0 bridgehead atoms. The van der Waals surface area contributed by atoms with Crippen LogP contribution >= 0.6 is 0 Å². The molecular formula is C23H28F2N2O. The Morgan fingerprint density at radius 2 is 1.79 bits per heavy atom. The van der Waals surface area contributed by atoms with Crippen molar-refractivity contribution in [3.05, 3.63) is 70.8 Å². The molecule has 0 aliphatic carbocycles. The zero-order valence-electron chi connectivity index (χ0n) is 16.8. The van der Waals surface area contributed by atoms with Gasteiger partial charge in [-0.15, -0.1) is 0 Å². The highest BCUT2D eigenvalue weighted by atomic mass is 19.2. The van der Waals surface area contributed by atoms with Crippen LogP contribution in [0.1, 0.15) is 49.4 Å². The first kappa shape index (κ1) is 20.5.